The number of carbonyl (C=O) groups is 1. The Labute approximate surface area is 108 Å². The van der Waals surface area contributed by atoms with Gasteiger partial charge in [-0.1, -0.05) is 0 Å². The number of urea groups is 1. The first-order valence-electron chi connectivity index (χ1n) is 4.79. The minimum absolute atomic E-state index is 0.0276. The number of halogens is 2. The molecule has 0 spiro atoms. The quantitative estimate of drug-likeness (QED) is 0.474. The van der Waals surface area contributed by atoms with Gasteiger partial charge in [0.2, 0.25) is 0 Å². The van der Waals surface area contributed by atoms with Gasteiger partial charge >= 0.3 is 13.6 Å². The highest BCUT2D eigenvalue weighted by atomic mass is 35.5. The van der Waals surface area contributed by atoms with Gasteiger partial charge in [-0.3, -0.25) is 4.57 Å². The normalized spacial score (nSPS) is 24.5. The van der Waals surface area contributed by atoms with Crippen molar-refractivity contribution in [1.82, 2.24) is 10.6 Å². The molecule has 1 aliphatic heterocycles. The molecule has 1 heterocycles. The standard InChI is InChI=1S/C7H13Cl2N2O5P/c8-1-3-15-17(14,16-4-2-9)6-5(12)10-7(13)11-6/h5-6,12H,1-4H2,(H2,10,11,13)/t5-,6+/m1/s1. The molecule has 0 radical (unpaired) electrons. The molecule has 2 atom stereocenters. The fraction of sp³-hybridized carbons (Fsp3) is 0.857. The third-order valence-electron chi connectivity index (χ3n) is 1.89. The zero-order chi connectivity index (χ0) is 12.9. The Morgan fingerprint density at radius 3 is 2.12 bits per heavy atom. The molecule has 2 amide bonds. The van der Waals surface area contributed by atoms with Gasteiger partial charge in [0.05, 0.1) is 13.2 Å². The second-order valence-electron chi connectivity index (χ2n) is 3.09. The topological polar surface area (TPSA) is 96.9 Å². The molecule has 1 fully saturated rings. The predicted octanol–water partition coefficient (Wildman–Crippen LogP) is 0.648. The first-order chi connectivity index (χ1) is 8.03. The van der Waals surface area contributed by atoms with Crippen molar-refractivity contribution in [3.8, 4) is 0 Å². The zero-order valence-electron chi connectivity index (χ0n) is 8.77. The van der Waals surface area contributed by atoms with Crippen molar-refractivity contribution < 1.29 is 23.5 Å². The Kier molecular flexibility index (Phi) is 5.99. The summed E-state index contributed by atoms with van der Waals surface area (Å²) in [5.74, 6) is -0.946. The molecule has 0 aromatic carbocycles. The number of nitrogens with one attached hydrogen (secondary N) is 2. The van der Waals surface area contributed by atoms with E-state index in [1.165, 1.54) is 0 Å². The molecule has 100 valence electrons. The third kappa shape index (κ3) is 3.98. The minimum atomic E-state index is -3.71. The highest BCUT2D eigenvalue weighted by molar-refractivity contribution is 7.54. The van der Waals surface area contributed by atoms with Crippen LogP contribution in [0.3, 0.4) is 0 Å². The molecule has 0 aliphatic carbocycles. The summed E-state index contributed by atoms with van der Waals surface area (Å²) < 4.78 is 22.3. The number of alkyl halides is 2. The number of amides is 2. The van der Waals surface area contributed by atoms with Crippen LogP contribution in [0.1, 0.15) is 0 Å². The Balaban J connectivity index is 2.74. The summed E-state index contributed by atoms with van der Waals surface area (Å²) in [5.41, 5.74) is 0. The minimum Gasteiger partial charge on any atom is -0.371 e. The van der Waals surface area contributed by atoms with Crippen molar-refractivity contribution >= 4 is 36.8 Å². The second-order valence-corrected chi connectivity index (χ2v) is 6.00. The summed E-state index contributed by atoms with van der Waals surface area (Å²) in [6.07, 6.45) is -1.35. The van der Waals surface area contributed by atoms with Gasteiger partial charge in [0, 0.05) is 11.8 Å². The van der Waals surface area contributed by atoms with E-state index in [0.717, 1.165) is 0 Å². The molecule has 0 aromatic rings. The van der Waals surface area contributed by atoms with Gasteiger partial charge in [-0.15, -0.1) is 23.2 Å². The highest BCUT2D eigenvalue weighted by Gasteiger charge is 2.46. The Hall–Kier alpha value is -0.0400. The highest BCUT2D eigenvalue weighted by Crippen LogP contribution is 2.53. The van der Waals surface area contributed by atoms with E-state index in [1.54, 1.807) is 0 Å². The van der Waals surface area contributed by atoms with E-state index < -0.39 is 25.6 Å². The molecule has 0 aromatic heterocycles. The van der Waals surface area contributed by atoms with Gasteiger partial charge in [-0.25, -0.2) is 4.79 Å². The molecular formula is C7H13Cl2N2O5P. The smallest absolute Gasteiger partial charge is 0.357 e. The maximum atomic E-state index is 12.3. The van der Waals surface area contributed by atoms with Crippen molar-refractivity contribution in [3.05, 3.63) is 0 Å². The van der Waals surface area contributed by atoms with Crippen LogP contribution in [0.2, 0.25) is 0 Å². The molecule has 0 unspecified atom stereocenters. The summed E-state index contributed by atoms with van der Waals surface area (Å²) in [6, 6.07) is -0.647. The van der Waals surface area contributed by atoms with Crippen LogP contribution in [0.25, 0.3) is 0 Å². The lowest BCUT2D eigenvalue weighted by Gasteiger charge is -2.24. The van der Waals surface area contributed by atoms with Crippen molar-refractivity contribution in [1.29, 1.82) is 0 Å². The van der Waals surface area contributed by atoms with Crippen molar-refractivity contribution in [2.45, 2.75) is 12.0 Å². The molecule has 3 N–H and O–H groups in total. The van der Waals surface area contributed by atoms with Crippen LogP contribution in [-0.2, 0) is 13.6 Å². The van der Waals surface area contributed by atoms with Crippen LogP contribution in [0.5, 0.6) is 0 Å². The maximum Gasteiger partial charge on any atom is 0.357 e. The summed E-state index contributed by atoms with van der Waals surface area (Å²) >= 11 is 10.8. The molecule has 1 saturated heterocycles. The molecule has 7 nitrogen and oxygen atoms in total. The van der Waals surface area contributed by atoms with Crippen molar-refractivity contribution in [2.24, 2.45) is 0 Å². The largest absolute Gasteiger partial charge is 0.371 e. The molecule has 0 bridgehead atoms. The summed E-state index contributed by atoms with van der Waals surface area (Å²) in [4.78, 5) is 11.0. The predicted molar refractivity (Wildman–Crippen MR) is 62.4 cm³/mol. The summed E-state index contributed by atoms with van der Waals surface area (Å²) in [5, 5.41) is 13.9. The summed E-state index contributed by atoms with van der Waals surface area (Å²) in [7, 11) is -3.71. The van der Waals surface area contributed by atoms with E-state index >= 15 is 0 Å². The number of aliphatic hydroxyl groups is 1. The lowest BCUT2D eigenvalue weighted by molar-refractivity contribution is 0.136. The second kappa shape index (κ2) is 6.78. The average molecular weight is 307 g/mol. The molecular weight excluding hydrogens is 294 g/mol. The van der Waals surface area contributed by atoms with Gasteiger partial charge in [-0.2, -0.15) is 0 Å². The van der Waals surface area contributed by atoms with E-state index in [4.69, 9.17) is 32.2 Å². The molecule has 10 heteroatoms. The number of aliphatic hydroxyl groups excluding tert-OH is 1. The molecule has 1 rings (SSSR count). The van der Waals surface area contributed by atoms with E-state index in [9.17, 15) is 14.5 Å². The molecule has 0 saturated carbocycles. The van der Waals surface area contributed by atoms with E-state index in [2.05, 4.69) is 10.6 Å². The van der Waals surface area contributed by atoms with E-state index in [0.29, 0.717) is 0 Å². The first-order valence-corrected chi connectivity index (χ1v) is 7.47. The molecule has 17 heavy (non-hydrogen) atoms. The first kappa shape index (κ1) is 15.0. The number of hydrogen-bond donors (Lipinski definition) is 3. The fourth-order valence-corrected chi connectivity index (χ4v) is 3.39. The monoisotopic (exact) mass is 306 g/mol. The van der Waals surface area contributed by atoms with Crippen LogP contribution >= 0.6 is 30.8 Å². The van der Waals surface area contributed by atoms with Crippen LogP contribution in [0.15, 0.2) is 0 Å². The van der Waals surface area contributed by atoms with Gasteiger partial charge in [0.15, 0.2) is 12.0 Å². The Morgan fingerprint density at radius 2 is 1.76 bits per heavy atom. The summed E-state index contributed by atoms with van der Waals surface area (Å²) in [6.45, 7) is -0.0551. The fourth-order valence-electron chi connectivity index (χ4n) is 1.24. The van der Waals surface area contributed by atoms with Crippen molar-refractivity contribution in [2.75, 3.05) is 25.0 Å². The Morgan fingerprint density at radius 1 is 1.24 bits per heavy atom. The number of rotatable bonds is 7. The van der Waals surface area contributed by atoms with Crippen LogP contribution in [0, 0.1) is 0 Å². The van der Waals surface area contributed by atoms with E-state index in [1.807, 2.05) is 0 Å². The number of carbonyl (C=O) groups excluding carboxylic acids is 1. The van der Waals surface area contributed by atoms with Crippen molar-refractivity contribution in [3.63, 3.8) is 0 Å². The lowest BCUT2D eigenvalue weighted by atomic mass is 10.6. The van der Waals surface area contributed by atoms with Gasteiger partial charge in [0.1, 0.15) is 0 Å². The van der Waals surface area contributed by atoms with Gasteiger partial charge < -0.3 is 24.8 Å². The average Bonchev–Trinajstić information content (AvgIpc) is 2.64. The zero-order valence-corrected chi connectivity index (χ0v) is 11.2. The van der Waals surface area contributed by atoms with Gasteiger partial charge in [-0.05, 0) is 0 Å². The number of hydrogen-bond acceptors (Lipinski definition) is 5. The lowest BCUT2D eigenvalue weighted by Crippen LogP contribution is -2.34. The van der Waals surface area contributed by atoms with Crippen LogP contribution in [-0.4, -0.2) is 48.1 Å². The maximum absolute atomic E-state index is 12.3. The Bertz CT molecular complexity index is 307. The third-order valence-corrected chi connectivity index (χ3v) is 4.38. The van der Waals surface area contributed by atoms with Crippen LogP contribution < -0.4 is 10.6 Å². The molecule has 1 aliphatic rings. The van der Waals surface area contributed by atoms with Crippen LogP contribution in [0.4, 0.5) is 4.79 Å². The van der Waals surface area contributed by atoms with E-state index in [-0.39, 0.29) is 25.0 Å². The van der Waals surface area contributed by atoms with Gasteiger partial charge in [0.25, 0.3) is 0 Å². The SMILES string of the molecule is O=C1N[C@@H](P(=O)(OCCCl)OCCCl)[C@@H](O)N1.